The number of pyridine rings is 1. The number of carboxylic acid groups (broad SMARTS) is 1. The highest BCUT2D eigenvalue weighted by molar-refractivity contribution is 7.98. The highest BCUT2D eigenvalue weighted by Gasteiger charge is 2.28. The van der Waals surface area contributed by atoms with Crippen molar-refractivity contribution < 1.29 is 19.6 Å². The number of thioether (sulfide) groups is 1. The molecule has 0 saturated carbocycles. The molecule has 0 aromatic carbocycles. The topological polar surface area (TPSA) is 122 Å². The molecule has 0 fully saturated rings. The maximum Gasteiger partial charge on any atom is 0.326 e. The Morgan fingerprint density at radius 1 is 1.62 bits per heavy atom. The molecule has 0 aliphatic carbocycles. The van der Waals surface area contributed by atoms with Crippen LogP contribution >= 0.6 is 23.4 Å². The number of rotatable bonds is 7. The minimum Gasteiger partial charge on any atom is -0.480 e. The monoisotopic (exact) mass is 333 g/mol. The summed E-state index contributed by atoms with van der Waals surface area (Å²) in [7, 11) is 0. The maximum atomic E-state index is 12.0. The van der Waals surface area contributed by atoms with Crippen molar-refractivity contribution in [2.75, 3.05) is 12.0 Å². The van der Waals surface area contributed by atoms with E-state index in [2.05, 4.69) is 10.3 Å². The zero-order valence-electron chi connectivity index (χ0n) is 10.9. The summed E-state index contributed by atoms with van der Waals surface area (Å²) in [4.78, 5) is 36.7. The second-order valence-electron chi connectivity index (χ2n) is 3.90. The maximum absolute atomic E-state index is 12.0. The van der Waals surface area contributed by atoms with Gasteiger partial charge in [0.05, 0.1) is 4.92 Å². The second-order valence-corrected chi connectivity index (χ2v) is 5.24. The van der Waals surface area contributed by atoms with E-state index in [1.165, 1.54) is 11.8 Å². The van der Waals surface area contributed by atoms with Crippen molar-refractivity contribution in [1.82, 2.24) is 10.3 Å². The van der Waals surface area contributed by atoms with Crippen molar-refractivity contribution in [3.05, 3.63) is 33.1 Å². The number of halogens is 1. The number of carbonyl (C=O) groups excluding carboxylic acids is 1. The minimum absolute atomic E-state index is 0.203. The molecule has 1 aromatic rings. The number of nitro groups is 1. The Labute approximate surface area is 129 Å². The van der Waals surface area contributed by atoms with E-state index in [-0.39, 0.29) is 12.0 Å². The van der Waals surface area contributed by atoms with E-state index in [0.717, 1.165) is 12.3 Å². The lowest BCUT2D eigenvalue weighted by atomic mass is 10.1. The molecule has 1 amide bonds. The normalized spacial score (nSPS) is 11.7. The summed E-state index contributed by atoms with van der Waals surface area (Å²) in [6, 6.07) is -0.0104. The van der Waals surface area contributed by atoms with Crippen molar-refractivity contribution in [2.24, 2.45) is 0 Å². The van der Waals surface area contributed by atoms with Gasteiger partial charge < -0.3 is 10.4 Å². The standard InChI is InChI=1S/C11H12ClN3O5S/c1-21-5-3-7(11(17)18)14-10(16)6-2-4-13-9(12)8(6)15(19)20/h2,4,7H,3,5H2,1H3,(H,14,16)(H,17,18)/t7-/m1/s1. The van der Waals surface area contributed by atoms with Crippen LogP contribution < -0.4 is 5.32 Å². The quantitative estimate of drug-likeness (QED) is 0.441. The third-order valence-corrected chi connectivity index (χ3v) is 3.44. The SMILES string of the molecule is CSCC[C@@H](NC(=O)c1ccnc(Cl)c1[N+](=O)[O-])C(=O)O. The predicted octanol–water partition coefficient (Wildman–Crippen LogP) is 1.58. The van der Waals surface area contributed by atoms with Gasteiger partial charge in [0, 0.05) is 6.20 Å². The van der Waals surface area contributed by atoms with Crippen molar-refractivity contribution in [3.63, 3.8) is 0 Å². The number of hydrogen-bond acceptors (Lipinski definition) is 6. The van der Waals surface area contributed by atoms with Crippen LogP contribution in [0.2, 0.25) is 5.15 Å². The molecule has 1 rings (SSSR count). The summed E-state index contributed by atoms with van der Waals surface area (Å²) in [5.74, 6) is -1.56. The highest BCUT2D eigenvalue weighted by atomic mass is 35.5. The lowest BCUT2D eigenvalue weighted by Crippen LogP contribution is -2.41. The first kappa shape index (κ1) is 17.2. The molecule has 114 valence electrons. The number of hydrogen-bond donors (Lipinski definition) is 2. The number of carbonyl (C=O) groups is 2. The Morgan fingerprint density at radius 2 is 2.29 bits per heavy atom. The fourth-order valence-electron chi connectivity index (χ4n) is 1.51. The number of nitrogens with zero attached hydrogens (tertiary/aromatic N) is 2. The van der Waals surface area contributed by atoms with Gasteiger partial charge in [-0.25, -0.2) is 9.78 Å². The first-order valence-corrected chi connectivity index (χ1v) is 7.47. The Morgan fingerprint density at radius 3 is 2.81 bits per heavy atom. The van der Waals surface area contributed by atoms with Gasteiger partial charge in [0.25, 0.3) is 5.91 Å². The molecule has 0 unspecified atom stereocenters. The van der Waals surface area contributed by atoms with Gasteiger partial charge in [-0.2, -0.15) is 11.8 Å². The van der Waals surface area contributed by atoms with Gasteiger partial charge in [0.2, 0.25) is 5.15 Å². The molecule has 1 aromatic heterocycles. The van der Waals surface area contributed by atoms with Gasteiger partial charge in [-0.05, 0) is 24.5 Å². The molecule has 0 radical (unpaired) electrons. The molecular formula is C11H12ClN3O5S. The van der Waals surface area contributed by atoms with E-state index in [1.54, 1.807) is 6.26 Å². The molecule has 1 atom stereocenters. The van der Waals surface area contributed by atoms with E-state index in [1.807, 2.05) is 0 Å². The molecule has 21 heavy (non-hydrogen) atoms. The Kier molecular flexibility index (Phi) is 6.38. The van der Waals surface area contributed by atoms with Crippen LogP contribution in [-0.2, 0) is 4.79 Å². The Bertz CT molecular complexity index is 569. The number of carboxylic acids is 1. The smallest absolute Gasteiger partial charge is 0.326 e. The van der Waals surface area contributed by atoms with Crippen LogP contribution in [0.3, 0.4) is 0 Å². The van der Waals surface area contributed by atoms with Crippen LogP contribution in [0.25, 0.3) is 0 Å². The van der Waals surface area contributed by atoms with Crippen LogP contribution in [0.5, 0.6) is 0 Å². The van der Waals surface area contributed by atoms with Crippen LogP contribution in [0.4, 0.5) is 5.69 Å². The second kappa shape index (κ2) is 7.79. The number of amides is 1. The summed E-state index contributed by atoms with van der Waals surface area (Å²) in [6.45, 7) is 0. The van der Waals surface area contributed by atoms with Crippen molar-refractivity contribution in [2.45, 2.75) is 12.5 Å². The summed E-state index contributed by atoms with van der Waals surface area (Å²) in [5.41, 5.74) is -0.971. The molecule has 0 aliphatic rings. The van der Waals surface area contributed by atoms with Crippen LogP contribution in [0.15, 0.2) is 12.3 Å². The minimum atomic E-state index is -1.21. The van der Waals surface area contributed by atoms with Crippen LogP contribution in [-0.4, -0.2) is 44.9 Å². The number of aromatic nitrogens is 1. The third kappa shape index (κ3) is 4.57. The van der Waals surface area contributed by atoms with Crippen molar-refractivity contribution in [3.8, 4) is 0 Å². The predicted molar refractivity (Wildman–Crippen MR) is 77.8 cm³/mol. The average Bonchev–Trinajstić information content (AvgIpc) is 2.42. The van der Waals surface area contributed by atoms with Crippen molar-refractivity contribution in [1.29, 1.82) is 0 Å². The summed E-state index contributed by atoms with van der Waals surface area (Å²) in [5, 5.41) is 21.8. The van der Waals surface area contributed by atoms with Crippen LogP contribution in [0.1, 0.15) is 16.8 Å². The average molecular weight is 334 g/mol. The lowest BCUT2D eigenvalue weighted by Gasteiger charge is -2.14. The third-order valence-electron chi connectivity index (χ3n) is 2.52. The van der Waals surface area contributed by atoms with E-state index in [4.69, 9.17) is 16.7 Å². The molecule has 0 bridgehead atoms. The Balaban J connectivity index is 3.00. The zero-order chi connectivity index (χ0) is 16.0. The summed E-state index contributed by atoms with van der Waals surface area (Å²) in [6.07, 6.45) is 3.14. The first-order valence-electron chi connectivity index (χ1n) is 5.70. The van der Waals surface area contributed by atoms with Gasteiger partial charge in [-0.3, -0.25) is 14.9 Å². The molecule has 0 saturated heterocycles. The zero-order valence-corrected chi connectivity index (χ0v) is 12.5. The Hall–Kier alpha value is -1.87. The van der Waals surface area contributed by atoms with E-state index in [9.17, 15) is 19.7 Å². The number of nitrogens with one attached hydrogen (secondary N) is 1. The van der Waals surface area contributed by atoms with Gasteiger partial charge in [-0.1, -0.05) is 11.6 Å². The summed E-state index contributed by atoms with van der Waals surface area (Å²) >= 11 is 7.03. The molecule has 1 heterocycles. The van der Waals surface area contributed by atoms with Gasteiger partial charge in [0.1, 0.15) is 11.6 Å². The largest absolute Gasteiger partial charge is 0.480 e. The van der Waals surface area contributed by atoms with Crippen molar-refractivity contribution >= 4 is 40.9 Å². The molecule has 2 N–H and O–H groups in total. The fraction of sp³-hybridized carbons (Fsp3) is 0.364. The van der Waals surface area contributed by atoms with E-state index >= 15 is 0 Å². The van der Waals surface area contributed by atoms with Gasteiger partial charge >= 0.3 is 11.7 Å². The molecule has 0 aliphatic heterocycles. The van der Waals surface area contributed by atoms with E-state index in [0.29, 0.717) is 5.75 Å². The molecule has 10 heteroatoms. The summed E-state index contributed by atoms with van der Waals surface area (Å²) < 4.78 is 0. The molecule has 8 nitrogen and oxygen atoms in total. The van der Waals surface area contributed by atoms with E-state index < -0.39 is 33.7 Å². The fourth-order valence-corrected chi connectivity index (χ4v) is 2.21. The molecule has 0 spiro atoms. The molecular weight excluding hydrogens is 322 g/mol. The lowest BCUT2D eigenvalue weighted by molar-refractivity contribution is -0.385. The number of aliphatic carboxylic acids is 1. The van der Waals surface area contributed by atoms with Crippen LogP contribution in [0, 0.1) is 10.1 Å². The van der Waals surface area contributed by atoms with Gasteiger partial charge in [0.15, 0.2) is 0 Å². The first-order chi connectivity index (χ1) is 9.88. The van der Waals surface area contributed by atoms with Gasteiger partial charge in [-0.15, -0.1) is 0 Å². The highest BCUT2D eigenvalue weighted by Crippen LogP contribution is 2.25.